The number of aryl methyl sites for hydroxylation is 1. The van der Waals surface area contributed by atoms with Crippen LogP contribution in [-0.2, 0) is 10.0 Å². The van der Waals surface area contributed by atoms with Crippen molar-refractivity contribution in [1.29, 1.82) is 0 Å². The highest BCUT2D eigenvalue weighted by Crippen LogP contribution is 2.22. The molecule has 0 saturated carbocycles. The standard InChI is InChI=1S/C11H9BrINO2S/c1-8-2-4-10(5-3-8)17(15,16)14-7-9(12)6-11(14)13/h2-7H,1H3. The van der Waals surface area contributed by atoms with Crippen LogP contribution in [0, 0.1) is 10.6 Å². The van der Waals surface area contributed by atoms with Crippen molar-refractivity contribution in [2.75, 3.05) is 0 Å². The first-order chi connectivity index (χ1) is 7.91. The maximum absolute atomic E-state index is 12.3. The predicted molar refractivity (Wildman–Crippen MR) is 78.6 cm³/mol. The number of rotatable bonds is 2. The quantitative estimate of drug-likeness (QED) is 0.691. The molecule has 0 bridgehead atoms. The van der Waals surface area contributed by atoms with Gasteiger partial charge < -0.3 is 0 Å². The van der Waals surface area contributed by atoms with Gasteiger partial charge in [-0.1, -0.05) is 17.7 Å². The largest absolute Gasteiger partial charge is 0.268 e. The summed E-state index contributed by atoms with van der Waals surface area (Å²) in [6.07, 6.45) is 1.55. The molecule has 2 aromatic rings. The van der Waals surface area contributed by atoms with Crippen molar-refractivity contribution >= 4 is 48.5 Å². The van der Waals surface area contributed by atoms with Crippen LogP contribution in [0.25, 0.3) is 0 Å². The lowest BCUT2D eigenvalue weighted by Gasteiger charge is -2.07. The number of aromatic nitrogens is 1. The lowest BCUT2D eigenvalue weighted by molar-refractivity contribution is 0.586. The van der Waals surface area contributed by atoms with Crippen molar-refractivity contribution in [2.45, 2.75) is 11.8 Å². The Morgan fingerprint density at radius 3 is 2.29 bits per heavy atom. The molecule has 1 aromatic heterocycles. The van der Waals surface area contributed by atoms with Crippen LogP contribution >= 0.6 is 38.5 Å². The first-order valence-electron chi connectivity index (χ1n) is 4.77. The number of hydrogen-bond donors (Lipinski definition) is 0. The van der Waals surface area contributed by atoms with Gasteiger partial charge >= 0.3 is 0 Å². The Labute approximate surface area is 122 Å². The van der Waals surface area contributed by atoms with Crippen molar-refractivity contribution in [1.82, 2.24) is 3.97 Å². The fourth-order valence-electron chi connectivity index (χ4n) is 1.40. The Kier molecular flexibility index (Phi) is 3.65. The Morgan fingerprint density at radius 2 is 1.82 bits per heavy atom. The van der Waals surface area contributed by atoms with Gasteiger partial charge in [0.15, 0.2) is 0 Å². The first kappa shape index (κ1) is 13.1. The average molecular weight is 426 g/mol. The van der Waals surface area contributed by atoms with Crippen molar-refractivity contribution < 1.29 is 8.42 Å². The SMILES string of the molecule is Cc1ccc(S(=O)(=O)n2cc(Br)cc2I)cc1. The minimum atomic E-state index is -3.49. The molecule has 0 unspecified atom stereocenters. The lowest BCUT2D eigenvalue weighted by atomic mass is 10.2. The molecule has 0 aliphatic carbocycles. The van der Waals surface area contributed by atoms with E-state index >= 15 is 0 Å². The minimum Gasteiger partial charge on any atom is -0.235 e. The van der Waals surface area contributed by atoms with E-state index in [1.807, 2.05) is 29.5 Å². The summed E-state index contributed by atoms with van der Waals surface area (Å²) in [7, 11) is -3.49. The second-order valence-corrected chi connectivity index (χ2v) is 7.43. The highest BCUT2D eigenvalue weighted by molar-refractivity contribution is 14.1. The van der Waals surface area contributed by atoms with Crippen molar-refractivity contribution in [2.24, 2.45) is 0 Å². The molecular formula is C11H9BrINO2S. The molecule has 0 N–H and O–H groups in total. The average Bonchev–Trinajstić information content (AvgIpc) is 2.59. The second-order valence-electron chi connectivity index (χ2n) is 3.59. The zero-order chi connectivity index (χ0) is 12.6. The van der Waals surface area contributed by atoms with Gasteiger partial charge in [0.1, 0.15) is 0 Å². The Balaban J connectivity index is 2.57. The normalized spacial score (nSPS) is 11.7. The van der Waals surface area contributed by atoms with E-state index in [9.17, 15) is 8.42 Å². The zero-order valence-corrected chi connectivity index (χ0v) is 13.5. The Hall–Kier alpha value is -0.340. The minimum absolute atomic E-state index is 0.295. The van der Waals surface area contributed by atoms with E-state index in [-0.39, 0.29) is 0 Å². The van der Waals surface area contributed by atoms with Crippen molar-refractivity contribution in [3.63, 3.8) is 0 Å². The van der Waals surface area contributed by atoms with Gasteiger partial charge in [0.25, 0.3) is 10.0 Å². The third-order valence-corrected chi connectivity index (χ3v) is 5.57. The van der Waals surface area contributed by atoms with Gasteiger partial charge in [0.05, 0.1) is 8.60 Å². The molecule has 17 heavy (non-hydrogen) atoms. The Bertz CT molecular complexity index is 647. The van der Waals surface area contributed by atoms with E-state index in [0.717, 1.165) is 10.0 Å². The van der Waals surface area contributed by atoms with E-state index in [4.69, 9.17) is 0 Å². The van der Waals surface area contributed by atoms with Crippen LogP contribution in [-0.4, -0.2) is 12.4 Å². The van der Waals surface area contributed by atoms with Gasteiger partial charge in [0, 0.05) is 10.7 Å². The van der Waals surface area contributed by atoms with Crippen LogP contribution in [0.5, 0.6) is 0 Å². The zero-order valence-electron chi connectivity index (χ0n) is 8.89. The molecule has 0 fully saturated rings. The van der Waals surface area contributed by atoms with Gasteiger partial charge in [-0.15, -0.1) is 0 Å². The molecule has 0 aliphatic heterocycles. The first-order valence-corrected chi connectivity index (χ1v) is 8.08. The molecule has 1 heterocycles. The molecule has 90 valence electrons. The van der Waals surface area contributed by atoms with Gasteiger partial charge in [-0.05, 0) is 63.6 Å². The number of hydrogen-bond acceptors (Lipinski definition) is 2. The van der Waals surface area contributed by atoms with Crippen LogP contribution in [0.15, 0.2) is 45.9 Å². The smallest absolute Gasteiger partial charge is 0.235 e. The van der Waals surface area contributed by atoms with Crippen LogP contribution in [0.3, 0.4) is 0 Å². The fraction of sp³-hybridized carbons (Fsp3) is 0.0909. The highest BCUT2D eigenvalue weighted by atomic mass is 127. The molecule has 0 amide bonds. The summed E-state index contributed by atoms with van der Waals surface area (Å²) in [5, 5.41) is 0. The monoisotopic (exact) mass is 425 g/mol. The van der Waals surface area contributed by atoms with E-state index in [1.54, 1.807) is 36.5 Å². The van der Waals surface area contributed by atoms with Crippen LogP contribution in [0.2, 0.25) is 0 Å². The van der Waals surface area contributed by atoms with E-state index in [1.165, 1.54) is 3.97 Å². The summed E-state index contributed by atoms with van der Waals surface area (Å²) in [4.78, 5) is 0.295. The number of benzene rings is 1. The number of nitrogens with zero attached hydrogens (tertiary/aromatic N) is 1. The molecule has 0 saturated heterocycles. The molecule has 0 aliphatic rings. The molecule has 3 nitrogen and oxygen atoms in total. The third-order valence-electron chi connectivity index (χ3n) is 2.29. The van der Waals surface area contributed by atoms with Crippen LogP contribution in [0.1, 0.15) is 5.56 Å². The van der Waals surface area contributed by atoms with Crippen LogP contribution in [0.4, 0.5) is 0 Å². The molecule has 6 heteroatoms. The molecule has 1 aromatic carbocycles. The van der Waals surface area contributed by atoms with Gasteiger partial charge in [-0.3, -0.25) is 0 Å². The fourth-order valence-corrected chi connectivity index (χ4v) is 4.88. The Morgan fingerprint density at radius 1 is 1.24 bits per heavy atom. The number of halogens is 2. The van der Waals surface area contributed by atoms with Crippen molar-refractivity contribution in [3.8, 4) is 0 Å². The van der Waals surface area contributed by atoms with Crippen molar-refractivity contribution in [3.05, 3.63) is 50.3 Å². The van der Waals surface area contributed by atoms with E-state index in [0.29, 0.717) is 8.60 Å². The van der Waals surface area contributed by atoms with E-state index in [2.05, 4.69) is 15.9 Å². The molecule has 0 radical (unpaired) electrons. The lowest BCUT2D eigenvalue weighted by Crippen LogP contribution is -2.13. The molecule has 2 rings (SSSR count). The summed E-state index contributed by atoms with van der Waals surface area (Å²) in [6, 6.07) is 8.58. The summed E-state index contributed by atoms with van der Waals surface area (Å²) in [5.74, 6) is 0. The van der Waals surface area contributed by atoms with E-state index < -0.39 is 10.0 Å². The second kappa shape index (κ2) is 4.74. The predicted octanol–water partition coefficient (Wildman–Crippen LogP) is 3.40. The topological polar surface area (TPSA) is 39.1 Å². The maximum Gasteiger partial charge on any atom is 0.268 e. The summed E-state index contributed by atoms with van der Waals surface area (Å²) in [5.41, 5.74) is 1.03. The molecule has 0 atom stereocenters. The summed E-state index contributed by atoms with van der Waals surface area (Å²) >= 11 is 5.26. The molecular weight excluding hydrogens is 417 g/mol. The highest BCUT2D eigenvalue weighted by Gasteiger charge is 2.19. The molecule has 0 spiro atoms. The summed E-state index contributed by atoms with van der Waals surface area (Å²) < 4.78 is 27.3. The van der Waals surface area contributed by atoms with Gasteiger partial charge in [0.2, 0.25) is 0 Å². The third kappa shape index (κ3) is 2.58. The summed E-state index contributed by atoms with van der Waals surface area (Å²) in [6.45, 7) is 1.92. The van der Waals surface area contributed by atoms with Crippen LogP contribution < -0.4 is 0 Å². The maximum atomic E-state index is 12.3. The van der Waals surface area contributed by atoms with Gasteiger partial charge in [-0.25, -0.2) is 12.4 Å². The van der Waals surface area contributed by atoms with Gasteiger partial charge in [-0.2, -0.15) is 0 Å².